The first-order chi connectivity index (χ1) is 8.08. The Balaban J connectivity index is 2.23. The molecule has 2 nitrogen and oxygen atoms in total. The molecule has 0 amide bonds. The Labute approximate surface area is 102 Å². The topological polar surface area (TPSA) is 29.1 Å². The number of halogens is 2. The fourth-order valence-electron chi connectivity index (χ4n) is 2.06. The average Bonchev–Trinajstić information content (AvgIpc) is 2.26. The SMILES string of the molecule is CCC1CS(=O)CC(c2cc(F)cc(F)c2)N1. The van der Waals surface area contributed by atoms with Crippen LogP contribution in [0.2, 0.25) is 0 Å². The van der Waals surface area contributed by atoms with Crippen LogP contribution in [0.3, 0.4) is 0 Å². The molecule has 0 aromatic heterocycles. The molecule has 1 saturated heterocycles. The first-order valence-electron chi connectivity index (χ1n) is 5.65. The lowest BCUT2D eigenvalue weighted by atomic mass is 10.1. The van der Waals surface area contributed by atoms with E-state index in [-0.39, 0.29) is 12.1 Å². The van der Waals surface area contributed by atoms with Crippen molar-refractivity contribution in [1.29, 1.82) is 0 Å². The summed E-state index contributed by atoms with van der Waals surface area (Å²) in [7, 11) is -0.921. The van der Waals surface area contributed by atoms with Crippen LogP contribution in [0, 0.1) is 11.6 Å². The maximum atomic E-state index is 13.1. The summed E-state index contributed by atoms with van der Waals surface area (Å²) in [6.07, 6.45) is 0.861. The zero-order valence-electron chi connectivity index (χ0n) is 9.58. The predicted octanol–water partition coefficient (Wildman–Crippen LogP) is 2.14. The summed E-state index contributed by atoms with van der Waals surface area (Å²) in [5.41, 5.74) is 0.536. The van der Waals surface area contributed by atoms with Crippen molar-refractivity contribution in [2.75, 3.05) is 11.5 Å². The van der Waals surface area contributed by atoms with Gasteiger partial charge in [0.05, 0.1) is 0 Å². The number of nitrogens with one attached hydrogen (secondary N) is 1. The quantitative estimate of drug-likeness (QED) is 0.881. The molecular formula is C12H15F2NOS. The van der Waals surface area contributed by atoms with Gasteiger partial charge in [0.2, 0.25) is 0 Å². The van der Waals surface area contributed by atoms with E-state index in [4.69, 9.17) is 0 Å². The van der Waals surface area contributed by atoms with Gasteiger partial charge in [-0.25, -0.2) is 8.78 Å². The molecule has 94 valence electrons. The Morgan fingerprint density at radius 2 is 1.94 bits per heavy atom. The van der Waals surface area contributed by atoms with Gasteiger partial charge in [-0.2, -0.15) is 0 Å². The maximum Gasteiger partial charge on any atom is 0.126 e. The van der Waals surface area contributed by atoms with Gasteiger partial charge in [0.25, 0.3) is 0 Å². The van der Waals surface area contributed by atoms with Crippen LogP contribution in [0.15, 0.2) is 18.2 Å². The van der Waals surface area contributed by atoms with E-state index >= 15 is 0 Å². The van der Waals surface area contributed by atoms with Crippen LogP contribution < -0.4 is 5.32 Å². The Hall–Kier alpha value is -0.810. The molecule has 5 heteroatoms. The molecule has 0 aliphatic carbocycles. The van der Waals surface area contributed by atoms with Gasteiger partial charge in [-0.15, -0.1) is 0 Å². The highest BCUT2D eigenvalue weighted by Crippen LogP contribution is 2.22. The standard InChI is InChI=1S/C12H15F2NOS/c1-2-11-6-17(16)7-12(15-11)8-3-9(13)5-10(14)4-8/h3-5,11-12,15H,2,6-7H2,1H3. The van der Waals surface area contributed by atoms with Crippen LogP contribution in [0.5, 0.6) is 0 Å². The summed E-state index contributed by atoms with van der Waals surface area (Å²) >= 11 is 0. The second kappa shape index (κ2) is 5.23. The fourth-order valence-corrected chi connectivity index (χ4v) is 3.64. The molecule has 3 unspecified atom stereocenters. The summed E-state index contributed by atoms with van der Waals surface area (Å²) in [6, 6.07) is 3.38. The molecule has 0 saturated carbocycles. The van der Waals surface area contributed by atoms with Crippen molar-refractivity contribution in [1.82, 2.24) is 5.32 Å². The minimum Gasteiger partial charge on any atom is -0.305 e. The van der Waals surface area contributed by atoms with Gasteiger partial charge in [-0.3, -0.25) is 4.21 Å². The van der Waals surface area contributed by atoms with Crippen LogP contribution in [-0.2, 0) is 10.8 Å². The van der Waals surface area contributed by atoms with Gasteiger partial charge < -0.3 is 5.32 Å². The molecule has 1 fully saturated rings. The van der Waals surface area contributed by atoms with E-state index < -0.39 is 22.4 Å². The van der Waals surface area contributed by atoms with Crippen molar-refractivity contribution in [2.45, 2.75) is 25.4 Å². The third-order valence-electron chi connectivity index (χ3n) is 2.96. The second-order valence-electron chi connectivity index (χ2n) is 4.30. The van der Waals surface area contributed by atoms with Crippen molar-refractivity contribution in [3.05, 3.63) is 35.4 Å². The van der Waals surface area contributed by atoms with Gasteiger partial charge in [0.15, 0.2) is 0 Å². The highest BCUT2D eigenvalue weighted by Gasteiger charge is 2.26. The molecule has 0 bridgehead atoms. The van der Waals surface area contributed by atoms with Gasteiger partial charge in [-0.05, 0) is 24.1 Å². The molecule has 1 aliphatic rings. The predicted molar refractivity (Wildman–Crippen MR) is 64.2 cm³/mol. The summed E-state index contributed by atoms with van der Waals surface area (Å²) in [5.74, 6) is -0.151. The molecule has 0 spiro atoms. The number of rotatable bonds is 2. The number of benzene rings is 1. The van der Waals surface area contributed by atoms with Crippen molar-refractivity contribution in [2.24, 2.45) is 0 Å². The van der Waals surface area contributed by atoms with Crippen molar-refractivity contribution in [3.8, 4) is 0 Å². The highest BCUT2D eigenvalue weighted by atomic mass is 32.2. The lowest BCUT2D eigenvalue weighted by Crippen LogP contribution is -2.44. The van der Waals surface area contributed by atoms with E-state index in [1.54, 1.807) is 0 Å². The minimum atomic E-state index is -0.921. The first-order valence-corrected chi connectivity index (χ1v) is 7.14. The molecule has 1 heterocycles. The second-order valence-corrected chi connectivity index (χ2v) is 5.85. The molecule has 1 aliphatic heterocycles. The van der Waals surface area contributed by atoms with Crippen molar-refractivity contribution >= 4 is 10.8 Å². The van der Waals surface area contributed by atoms with E-state index in [0.29, 0.717) is 17.1 Å². The summed E-state index contributed by atoms with van der Waals surface area (Å²) < 4.78 is 37.9. The molecule has 1 aromatic carbocycles. The fraction of sp³-hybridized carbons (Fsp3) is 0.500. The maximum absolute atomic E-state index is 13.1. The Morgan fingerprint density at radius 1 is 1.29 bits per heavy atom. The normalized spacial score (nSPS) is 29.2. The Bertz CT molecular complexity index is 418. The van der Waals surface area contributed by atoms with Crippen LogP contribution >= 0.6 is 0 Å². The van der Waals surface area contributed by atoms with E-state index in [1.165, 1.54) is 12.1 Å². The largest absolute Gasteiger partial charge is 0.305 e. The van der Waals surface area contributed by atoms with Crippen LogP contribution in [0.25, 0.3) is 0 Å². The van der Waals surface area contributed by atoms with Crippen molar-refractivity contribution < 1.29 is 13.0 Å². The zero-order chi connectivity index (χ0) is 12.4. The first kappa shape index (κ1) is 12.6. The van der Waals surface area contributed by atoms with Crippen LogP contribution in [0.1, 0.15) is 24.9 Å². The summed E-state index contributed by atoms with van der Waals surface area (Å²) in [4.78, 5) is 0. The lowest BCUT2D eigenvalue weighted by Gasteiger charge is -2.30. The smallest absolute Gasteiger partial charge is 0.126 e. The van der Waals surface area contributed by atoms with E-state index in [9.17, 15) is 13.0 Å². The summed E-state index contributed by atoms with van der Waals surface area (Å²) in [6.45, 7) is 2.00. The minimum absolute atomic E-state index is 0.154. The van der Waals surface area contributed by atoms with Gasteiger partial charge in [-0.1, -0.05) is 6.92 Å². The Morgan fingerprint density at radius 3 is 2.53 bits per heavy atom. The zero-order valence-corrected chi connectivity index (χ0v) is 10.4. The number of hydrogen-bond acceptors (Lipinski definition) is 2. The lowest BCUT2D eigenvalue weighted by molar-refractivity contribution is 0.452. The molecule has 1 aromatic rings. The van der Waals surface area contributed by atoms with Crippen LogP contribution in [-0.4, -0.2) is 21.8 Å². The molecule has 1 N–H and O–H groups in total. The number of hydrogen-bond donors (Lipinski definition) is 1. The molecule has 3 atom stereocenters. The summed E-state index contributed by atoms with van der Waals surface area (Å²) in [5, 5.41) is 3.28. The molecular weight excluding hydrogens is 244 g/mol. The van der Waals surface area contributed by atoms with E-state index in [2.05, 4.69) is 5.32 Å². The third kappa shape index (κ3) is 3.10. The highest BCUT2D eigenvalue weighted by molar-refractivity contribution is 7.85. The molecule has 0 radical (unpaired) electrons. The van der Waals surface area contributed by atoms with Gasteiger partial charge >= 0.3 is 0 Å². The average molecular weight is 259 g/mol. The molecule has 17 heavy (non-hydrogen) atoms. The molecule has 2 rings (SSSR count). The van der Waals surface area contributed by atoms with E-state index in [0.717, 1.165) is 12.5 Å². The van der Waals surface area contributed by atoms with Crippen LogP contribution in [0.4, 0.5) is 8.78 Å². The van der Waals surface area contributed by atoms with Gasteiger partial charge in [0.1, 0.15) is 11.6 Å². The van der Waals surface area contributed by atoms with Gasteiger partial charge in [0, 0.05) is 40.5 Å². The Kier molecular flexibility index (Phi) is 3.89. The third-order valence-corrected chi connectivity index (χ3v) is 4.44. The monoisotopic (exact) mass is 259 g/mol. The van der Waals surface area contributed by atoms with E-state index in [1.807, 2.05) is 6.92 Å². The van der Waals surface area contributed by atoms with Crippen molar-refractivity contribution in [3.63, 3.8) is 0 Å².